The molecule has 1 heterocycles. The number of nitrogens with zero attached hydrogens (tertiary/aromatic N) is 1. The van der Waals surface area contributed by atoms with Gasteiger partial charge in [0.1, 0.15) is 18.1 Å². The molecule has 0 bridgehead atoms. The van der Waals surface area contributed by atoms with Gasteiger partial charge in [0.05, 0.1) is 5.02 Å². The molecule has 0 atom stereocenters. The molecular weight excluding hydrogens is 340 g/mol. The van der Waals surface area contributed by atoms with Crippen molar-refractivity contribution in [3.8, 4) is 5.75 Å². The third kappa shape index (κ3) is 3.87. The maximum Gasteiger partial charge on any atom is 0.329 e. The van der Waals surface area contributed by atoms with Crippen molar-refractivity contribution in [3.63, 3.8) is 0 Å². The smallest absolute Gasteiger partial charge is 0.329 e. The number of ether oxygens (including phenoxy) is 1. The number of halogens is 1. The Morgan fingerprint density at radius 2 is 2.04 bits per heavy atom. The first-order valence-corrected chi connectivity index (χ1v) is 8.87. The molecule has 5 nitrogen and oxygen atoms in total. The topological polar surface area (TPSA) is 58.6 Å². The Bertz CT molecular complexity index is 723. The number of rotatable bonds is 5. The second-order valence-electron chi connectivity index (χ2n) is 6.24. The van der Waals surface area contributed by atoms with E-state index >= 15 is 0 Å². The third-order valence-electron chi connectivity index (χ3n) is 4.47. The van der Waals surface area contributed by atoms with Crippen LogP contribution in [-0.2, 0) is 4.79 Å². The van der Waals surface area contributed by atoms with Gasteiger partial charge in [-0.1, -0.05) is 49.6 Å². The van der Waals surface area contributed by atoms with E-state index in [9.17, 15) is 9.59 Å². The largest absolute Gasteiger partial charge is 0.488 e. The van der Waals surface area contributed by atoms with Gasteiger partial charge in [-0.2, -0.15) is 0 Å². The van der Waals surface area contributed by atoms with Crippen LogP contribution in [0.1, 0.15) is 37.7 Å². The highest BCUT2D eigenvalue weighted by Crippen LogP contribution is 2.29. The van der Waals surface area contributed by atoms with Gasteiger partial charge < -0.3 is 10.1 Å². The van der Waals surface area contributed by atoms with E-state index in [0.717, 1.165) is 31.2 Å². The molecule has 1 saturated heterocycles. The third-order valence-corrected chi connectivity index (χ3v) is 4.77. The average Bonchev–Trinajstić information content (AvgIpc) is 2.88. The number of amides is 3. The Hall–Kier alpha value is -2.27. The minimum Gasteiger partial charge on any atom is -0.488 e. The van der Waals surface area contributed by atoms with Crippen LogP contribution in [-0.4, -0.2) is 29.5 Å². The number of nitrogens with one attached hydrogen (secondary N) is 1. The molecule has 1 aromatic carbocycles. The molecule has 1 aliphatic heterocycles. The number of urea groups is 1. The average molecular weight is 361 g/mol. The minimum atomic E-state index is -0.333. The van der Waals surface area contributed by atoms with Gasteiger partial charge >= 0.3 is 6.03 Å². The first-order valence-electron chi connectivity index (χ1n) is 8.49. The van der Waals surface area contributed by atoms with Crippen molar-refractivity contribution in [3.05, 3.63) is 47.1 Å². The number of benzene rings is 1. The van der Waals surface area contributed by atoms with Crippen LogP contribution < -0.4 is 10.1 Å². The normalized spacial score (nSPS) is 20.0. The zero-order chi connectivity index (χ0) is 17.8. The zero-order valence-electron chi connectivity index (χ0n) is 14.0. The van der Waals surface area contributed by atoms with E-state index in [1.54, 1.807) is 30.4 Å². The summed E-state index contributed by atoms with van der Waals surface area (Å²) in [6.07, 6.45) is 8.33. The summed E-state index contributed by atoms with van der Waals surface area (Å²) in [4.78, 5) is 26.2. The lowest BCUT2D eigenvalue weighted by Gasteiger charge is -2.28. The van der Waals surface area contributed by atoms with Gasteiger partial charge in [0.25, 0.3) is 5.91 Å². The maximum absolute atomic E-state index is 12.6. The molecule has 0 aromatic heterocycles. The molecule has 2 aliphatic rings. The first kappa shape index (κ1) is 17.5. The molecule has 0 unspecified atom stereocenters. The highest BCUT2D eigenvalue weighted by atomic mass is 35.5. The van der Waals surface area contributed by atoms with Gasteiger partial charge in [-0.15, -0.1) is 0 Å². The standard InChI is InChI=1S/C19H21ClN2O3/c1-2-10-25-17-9-8-13(11-15(17)20)12-16-18(23)22(19(24)21-16)14-6-4-3-5-7-14/h2,8-9,11-12,14H,1,3-7,10H2,(H,21,24)/b16-12-. The van der Waals surface area contributed by atoms with E-state index in [1.807, 2.05) is 0 Å². The number of imide groups is 1. The van der Waals surface area contributed by atoms with Crippen LogP contribution >= 0.6 is 11.6 Å². The van der Waals surface area contributed by atoms with Crippen LogP contribution in [0.2, 0.25) is 5.02 Å². The SMILES string of the molecule is C=CCOc1ccc(/C=C2\NC(=O)N(C3CCCCC3)C2=O)cc1Cl. The van der Waals surface area contributed by atoms with Gasteiger partial charge in [-0.05, 0) is 36.6 Å². The Kier molecular flexibility index (Phi) is 5.43. The van der Waals surface area contributed by atoms with Crippen LogP contribution in [0.3, 0.4) is 0 Å². The van der Waals surface area contributed by atoms with Crippen molar-refractivity contribution in [2.45, 2.75) is 38.1 Å². The molecule has 132 valence electrons. The molecule has 2 fully saturated rings. The van der Waals surface area contributed by atoms with Crippen molar-refractivity contribution >= 4 is 29.6 Å². The predicted molar refractivity (Wildman–Crippen MR) is 97.4 cm³/mol. The van der Waals surface area contributed by atoms with E-state index in [4.69, 9.17) is 16.3 Å². The maximum atomic E-state index is 12.6. The fourth-order valence-corrected chi connectivity index (χ4v) is 3.50. The summed E-state index contributed by atoms with van der Waals surface area (Å²) in [5.74, 6) is 0.286. The van der Waals surface area contributed by atoms with Crippen molar-refractivity contribution in [2.75, 3.05) is 6.61 Å². The second kappa shape index (κ2) is 7.74. The Labute approximate surface area is 152 Å². The van der Waals surface area contributed by atoms with Gasteiger partial charge in [-0.3, -0.25) is 9.69 Å². The monoisotopic (exact) mass is 360 g/mol. The fourth-order valence-electron chi connectivity index (χ4n) is 3.26. The quantitative estimate of drug-likeness (QED) is 0.488. The Balaban J connectivity index is 1.77. The highest BCUT2D eigenvalue weighted by molar-refractivity contribution is 6.32. The number of carbonyl (C=O) groups excluding carboxylic acids is 2. The summed E-state index contributed by atoms with van der Waals surface area (Å²) >= 11 is 6.19. The predicted octanol–water partition coefficient (Wildman–Crippen LogP) is 4.13. The molecule has 0 spiro atoms. The van der Waals surface area contributed by atoms with E-state index < -0.39 is 0 Å². The number of carbonyl (C=O) groups is 2. The van der Waals surface area contributed by atoms with Crippen molar-refractivity contribution < 1.29 is 14.3 Å². The summed E-state index contributed by atoms with van der Waals surface area (Å²) in [7, 11) is 0. The summed E-state index contributed by atoms with van der Waals surface area (Å²) < 4.78 is 5.43. The first-order chi connectivity index (χ1) is 12.1. The highest BCUT2D eigenvalue weighted by Gasteiger charge is 2.38. The molecular formula is C19H21ClN2O3. The van der Waals surface area contributed by atoms with Gasteiger partial charge in [0, 0.05) is 6.04 Å². The van der Waals surface area contributed by atoms with Crippen molar-refractivity contribution in [1.82, 2.24) is 10.2 Å². The number of hydrogen-bond donors (Lipinski definition) is 1. The van der Waals surface area contributed by atoms with Crippen LogP contribution in [0.5, 0.6) is 5.75 Å². The molecule has 25 heavy (non-hydrogen) atoms. The number of hydrogen-bond acceptors (Lipinski definition) is 3. The van der Waals surface area contributed by atoms with Gasteiger partial charge in [-0.25, -0.2) is 4.79 Å². The van der Waals surface area contributed by atoms with E-state index in [0.29, 0.717) is 17.4 Å². The second-order valence-corrected chi connectivity index (χ2v) is 6.65. The van der Waals surface area contributed by atoms with Gasteiger partial charge in [0.15, 0.2) is 0 Å². The minimum absolute atomic E-state index is 0.00502. The van der Waals surface area contributed by atoms with Crippen LogP contribution in [0, 0.1) is 0 Å². The van der Waals surface area contributed by atoms with Crippen LogP contribution in [0.4, 0.5) is 4.79 Å². The lowest BCUT2D eigenvalue weighted by molar-refractivity contribution is -0.124. The van der Waals surface area contributed by atoms with E-state index in [1.165, 1.54) is 11.3 Å². The Morgan fingerprint density at radius 3 is 2.72 bits per heavy atom. The fraction of sp³-hybridized carbons (Fsp3) is 0.368. The molecule has 6 heteroatoms. The molecule has 1 aliphatic carbocycles. The molecule has 3 rings (SSSR count). The molecule has 3 amide bonds. The Morgan fingerprint density at radius 1 is 1.28 bits per heavy atom. The van der Waals surface area contributed by atoms with Gasteiger partial charge in [0.2, 0.25) is 0 Å². The summed E-state index contributed by atoms with van der Waals surface area (Å²) in [5, 5.41) is 3.12. The molecule has 0 radical (unpaired) electrons. The summed E-state index contributed by atoms with van der Waals surface area (Å²) in [5.41, 5.74) is 1.01. The van der Waals surface area contributed by atoms with Crippen LogP contribution in [0.15, 0.2) is 36.6 Å². The lowest BCUT2D eigenvalue weighted by Crippen LogP contribution is -2.41. The van der Waals surface area contributed by atoms with Crippen molar-refractivity contribution in [1.29, 1.82) is 0 Å². The van der Waals surface area contributed by atoms with Crippen LogP contribution in [0.25, 0.3) is 6.08 Å². The van der Waals surface area contributed by atoms with E-state index in [2.05, 4.69) is 11.9 Å². The summed E-state index contributed by atoms with van der Waals surface area (Å²) in [6.45, 7) is 3.96. The molecule has 1 aromatic rings. The van der Waals surface area contributed by atoms with Crippen molar-refractivity contribution in [2.24, 2.45) is 0 Å². The zero-order valence-corrected chi connectivity index (χ0v) is 14.7. The molecule has 1 N–H and O–H groups in total. The van der Waals surface area contributed by atoms with E-state index in [-0.39, 0.29) is 23.7 Å². The lowest BCUT2D eigenvalue weighted by atomic mass is 9.94. The molecule has 1 saturated carbocycles. The summed E-state index contributed by atoms with van der Waals surface area (Å²) in [6, 6.07) is 4.90.